The second-order valence-corrected chi connectivity index (χ2v) is 10.8. The standard InChI is InChI=1S/C27H29N7O3/c1-16-3-4-21-22(9-16)34-26(30-21)31-23(35)18-10-19(24(36)28-12-18)20-13-29-32(2)25(20)37-8-7-33-14-17-5-6-27(34,11-17)15-33/h3-4,9-10,12-13,17H,5-8,11,14-15H2,1-2H3,(H,28,36)(H,30,31,35). The fourth-order valence-corrected chi connectivity index (χ4v) is 6.60. The van der Waals surface area contributed by atoms with Crippen molar-refractivity contribution in [1.82, 2.24) is 29.2 Å². The highest BCUT2D eigenvalue weighted by molar-refractivity contribution is 6.04. The maximum Gasteiger partial charge on any atom is 0.259 e. The van der Waals surface area contributed by atoms with Crippen molar-refractivity contribution >= 4 is 22.9 Å². The quantitative estimate of drug-likeness (QED) is 0.385. The number of nitrogens with one attached hydrogen (secondary N) is 2. The maximum atomic E-state index is 13.6. The van der Waals surface area contributed by atoms with E-state index in [-0.39, 0.29) is 17.0 Å². The number of fused-ring (bicyclic) bond motifs is 9. The lowest BCUT2D eigenvalue weighted by molar-refractivity contribution is 0.0902. The Morgan fingerprint density at radius 2 is 2.08 bits per heavy atom. The van der Waals surface area contributed by atoms with Gasteiger partial charge < -0.3 is 14.3 Å². The van der Waals surface area contributed by atoms with Gasteiger partial charge in [-0.1, -0.05) is 6.07 Å². The van der Waals surface area contributed by atoms with E-state index in [1.165, 1.54) is 6.20 Å². The summed E-state index contributed by atoms with van der Waals surface area (Å²) < 4.78 is 10.1. The van der Waals surface area contributed by atoms with E-state index in [2.05, 4.69) is 43.9 Å². The van der Waals surface area contributed by atoms with Gasteiger partial charge in [0.25, 0.3) is 11.5 Å². The molecular formula is C27H29N7O3. The van der Waals surface area contributed by atoms with Gasteiger partial charge in [0.2, 0.25) is 11.8 Å². The fraction of sp³-hybridized carbons (Fsp3) is 0.407. The average molecular weight is 500 g/mol. The normalized spacial score (nSPS) is 25.0. The van der Waals surface area contributed by atoms with Gasteiger partial charge in [0.15, 0.2) is 0 Å². The molecule has 10 heteroatoms. The van der Waals surface area contributed by atoms with E-state index in [1.807, 2.05) is 6.07 Å². The molecule has 10 nitrogen and oxygen atoms in total. The predicted molar refractivity (Wildman–Crippen MR) is 139 cm³/mol. The van der Waals surface area contributed by atoms with E-state index in [0.717, 1.165) is 55.5 Å². The van der Waals surface area contributed by atoms with Crippen molar-refractivity contribution < 1.29 is 9.53 Å². The zero-order chi connectivity index (χ0) is 25.3. The zero-order valence-corrected chi connectivity index (χ0v) is 21.0. The lowest BCUT2D eigenvalue weighted by Crippen LogP contribution is -2.50. The van der Waals surface area contributed by atoms with Crippen LogP contribution in [0.25, 0.3) is 22.2 Å². The molecule has 3 aliphatic rings. The highest BCUT2D eigenvalue weighted by atomic mass is 16.5. The minimum absolute atomic E-state index is 0.165. The van der Waals surface area contributed by atoms with Crippen LogP contribution in [0.2, 0.25) is 0 Å². The second kappa shape index (κ2) is 8.04. The van der Waals surface area contributed by atoms with Gasteiger partial charge in [-0.05, 0) is 55.9 Å². The number of hydrogen-bond donors (Lipinski definition) is 2. The Balaban J connectivity index is 1.42. The molecule has 2 fully saturated rings. The Morgan fingerprint density at radius 1 is 1.19 bits per heavy atom. The highest BCUT2D eigenvalue weighted by Crippen LogP contribution is 2.48. The molecule has 1 aromatic carbocycles. The molecule has 1 aliphatic carbocycles. The summed E-state index contributed by atoms with van der Waals surface area (Å²) in [7, 11) is 1.79. The van der Waals surface area contributed by atoms with Gasteiger partial charge in [-0.15, -0.1) is 0 Å². The number of imidazole rings is 1. The van der Waals surface area contributed by atoms with Crippen LogP contribution in [0.5, 0.6) is 5.88 Å². The average Bonchev–Trinajstić information content (AvgIpc) is 3.51. The summed E-state index contributed by atoms with van der Waals surface area (Å²) in [6.45, 7) is 5.20. The third-order valence-corrected chi connectivity index (χ3v) is 8.22. The van der Waals surface area contributed by atoms with Gasteiger partial charge in [0.1, 0.15) is 6.61 Å². The molecular weight excluding hydrogens is 470 g/mol. The number of rotatable bonds is 0. The van der Waals surface area contributed by atoms with Crippen LogP contribution in [0.4, 0.5) is 5.95 Å². The number of pyridine rings is 1. The number of amides is 1. The highest BCUT2D eigenvalue weighted by Gasteiger charge is 2.48. The van der Waals surface area contributed by atoms with Crippen LogP contribution in [0.1, 0.15) is 35.2 Å². The van der Waals surface area contributed by atoms with Crippen molar-refractivity contribution in [3.05, 3.63) is 58.1 Å². The first kappa shape index (κ1) is 22.3. The lowest BCUT2D eigenvalue weighted by atomic mass is 9.90. The predicted octanol–water partition coefficient (Wildman–Crippen LogP) is 2.89. The van der Waals surface area contributed by atoms with Gasteiger partial charge >= 0.3 is 0 Å². The first-order chi connectivity index (χ1) is 17.9. The number of piperidine rings is 1. The number of nitrogens with zero attached hydrogens (tertiary/aromatic N) is 5. The number of hydrogen-bond acceptors (Lipinski definition) is 6. The van der Waals surface area contributed by atoms with Crippen molar-refractivity contribution in [2.75, 3.05) is 31.6 Å². The van der Waals surface area contributed by atoms with Gasteiger partial charge in [-0.2, -0.15) is 5.10 Å². The number of benzene rings is 1. The van der Waals surface area contributed by atoms with Gasteiger partial charge in [-0.3, -0.25) is 19.8 Å². The van der Waals surface area contributed by atoms with Gasteiger partial charge in [-0.25, -0.2) is 9.67 Å². The molecule has 1 saturated heterocycles. The Kier molecular flexibility index (Phi) is 4.84. The summed E-state index contributed by atoms with van der Waals surface area (Å²) in [4.78, 5) is 36.4. The second-order valence-electron chi connectivity index (χ2n) is 10.8. The Bertz CT molecular complexity index is 1620. The summed E-state index contributed by atoms with van der Waals surface area (Å²) >= 11 is 0. The molecule has 190 valence electrons. The number of aromatic amines is 1. The van der Waals surface area contributed by atoms with E-state index in [1.54, 1.807) is 24.0 Å². The third-order valence-electron chi connectivity index (χ3n) is 8.22. The molecule has 4 aromatic rings. The number of carbonyl (C=O) groups is 1. The first-order valence-corrected chi connectivity index (χ1v) is 12.8. The molecule has 3 aromatic heterocycles. The Hall–Kier alpha value is -3.92. The molecule has 1 saturated carbocycles. The molecule has 5 heterocycles. The number of anilines is 1. The first-order valence-electron chi connectivity index (χ1n) is 12.8. The van der Waals surface area contributed by atoms with Gasteiger partial charge in [0, 0.05) is 32.9 Å². The summed E-state index contributed by atoms with van der Waals surface area (Å²) in [5, 5.41) is 7.42. The number of carbonyl (C=O) groups excluding carboxylic acids is 1. The molecule has 2 N–H and O–H groups in total. The number of ether oxygens (including phenoxy) is 1. The maximum absolute atomic E-state index is 13.6. The number of aryl methyl sites for hydroxylation is 2. The topological polar surface area (TPSA) is 110 Å². The van der Waals surface area contributed by atoms with Crippen LogP contribution in [0.15, 0.2) is 41.5 Å². The summed E-state index contributed by atoms with van der Waals surface area (Å²) in [6.07, 6.45) is 6.29. The number of H-pyrrole nitrogens is 1. The van der Waals surface area contributed by atoms with Crippen LogP contribution in [0, 0.1) is 12.8 Å². The summed E-state index contributed by atoms with van der Waals surface area (Å²) in [5.74, 6) is 1.32. The molecule has 7 rings (SSSR count). The van der Waals surface area contributed by atoms with Crippen LogP contribution in [0.3, 0.4) is 0 Å². The SMILES string of the molecule is Cc1ccc2nc3n(c2c1)C12CCC(CN(CCOc4c(cnn4C)-c4cc(c[nH]c4=O)C(=O)N3)C1)C2. The fourth-order valence-electron chi connectivity index (χ4n) is 6.60. The van der Waals surface area contributed by atoms with E-state index in [4.69, 9.17) is 9.72 Å². The molecule has 3 unspecified atom stereocenters. The van der Waals surface area contributed by atoms with E-state index >= 15 is 0 Å². The van der Waals surface area contributed by atoms with Crippen LogP contribution < -0.4 is 15.6 Å². The molecule has 0 radical (unpaired) electrons. The molecule has 1 spiro atoms. The van der Waals surface area contributed by atoms with E-state index < -0.39 is 0 Å². The van der Waals surface area contributed by atoms with Crippen LogP contribution in [-0.2, 0) is 12.6 Å². The van der Waals surface area contributed by atoms with E-state index in [9.17, 15) is 9.59 Å². The Labute approximate surface area is 213 Å². The summed E-state index contributed by atoms with van der Waals surface area (Å²) in [6, 6.07) is 7.84. The molecule has 37 heavy (non-hydrogen) atoms. The van der Waals surface area contributed by atoms with Gasteiger partial charge in [0.05, 0.1) is 39.5 Å². The smallest absolute Gasteiger partial charge is 0.259 e. The molecule has 2 aliphatic heterocycles. The minimum atomic E-state index is -0.328. The van der Waals surface area contributed by atoms with Crippen LogP contribution in [-0.4, -0.2) is 61.4 Å². The molecule has 3 atom stereocenters. The van der Waals surface area contributed by atoms with E-state index in [0.29, 0.717) is 41.0 Å². The van der Waals surface area contributed by atoms with Crippen molar-refractivity contribution in [2.45, 2.75) is 31.7 Å². The largest absolute Gasteiger partial charge is 0.476 e. The third kappa shape index (κ3) is 3.50. The molecule has 1 amide bonds. The summed E-state index contributed by atoms with van der Waals surface area (Å²) in [5.41, 5.74) is 3.82. The zero-order valence-electron chi connectivity index (χ0n) is 21.0. The number of aromatic nitrogens is 5. The van der Waals surface area contributed by atoms with Crippen molar-refractivity contribution in [3.63, 3.8) is 0 Å². The van der Waals surface area contributed by atoms with Crippen LogP contribution >= 0.6 is 0 Å². The van der Waals surface area contributed by atoms with Crippen molar-refractivity contribution in [1.29, 1.82) is 0 Å². The lowest BCUT2D eigenvalue weighted by Gasteiger charge is -2.42. The van der Waals surface area contributed by atoms with Crippen molar-refractivity contribution in [3.8, 4) is 17.0 Å². The monoisotopic (exact) mass is 499 g/mol. The van der Waals surface area contributed by atoms with Crippen molar-refractivity contribution in [2.24, 2.45) is 13.0 Å². The Morgan fingerprint density at radius 3 is 2.97 bits per heavy atom. The minimum Gasteiger partial charge on any atom is -0.476 e. The molecule has 5 bridgehead atoms.